The molecule has 0 aliphatic heterocycles. The molecule has 1 unspecified atom stereocenters. The van der Waals surface area contributed by atoms with E-state index in [4.69, 9.17) is 9.84 Å². The molecule has 0 saturated carbocycles. The van der Waals surface area contributed by atoms with Crippen molar-refractivity contribution in [3.8, 4) is 0 Å². The van der Waals surface area contributed by atoms with E-state index in [2.05, 4.69) is 0 Å². The Labute approximate surface area is 96.4 Å². The van der Waals surface area contributed by atoms with Gasteiger partial charge >= 0.3 is 5.97 Å². The van der Waals surface area contributed by atoms with Gasteiger partial charge in [-0.2, -0.15) is 0 Å². The fourth-order valence-electron chi connectivity index (χ4n) is 1.07. The van der Waals surface area contributed by atoms with Crippen LogP contribution in [0.2, 0.25) is 0 Å². The molecule has 0 aromatic carbocycles. The first-order chi connectivity index (χ1) is 7.23. The van der Waals surface area contributed by atoms with Crippen LogP contribution in [-0.4, -0.2) is 47.7 Å². The number of carbonyl (C=O) groups excluding carboxylic acids is 1. The maximum Gasteiger partial charge on any atom is 0.329 e. The summed E-state index contributed by atoms with van der Waals surface area (Å²) in [6.07, 6.45) is 0.891. The quantitative estimate of drug-likeness (QED) is 0.744. The van der Waals surface area contributed by atoms with Crippen LogP contribution in [0.1, 0.15) is 33.6 Å². The van der Waals surface area contributed by atoms with E-state index in [1.807, 2.05) is 6.92 Å². The van der Waals surface area contributed by atoms with Crippen LogP contribution in [0.4, 0.5) is 0 Å². The van der Waals surface area contributed by atoms with Crippen molar-refractivity contribution >= 4 is 11.9 Å². The Hall–Kier alpha value is -1.10. The van der Waals surface area contributed by atoms with Crippen molar-refractivity contribution in [3.63, 3.8) is 0 Å². The summed E-state index contributed by atoms with van der Waals surface area (Å²) in [5.41, 5.74) is -1.17. The van der Waals surface area contributed by atoms with Gasteiger partial charge in [-0.3, -0.25) is 4.79 Å². The third-order valence-corrected chi connectivity index (χ3v) is 2.90. The van der Waals surface area contributed by atoms with Gasteiger partial charge in [0.15, 0.2) is 0 Å². The summed E-state index contributed by atoms with van der Waals surface area (Å²) in [5.74, 6) is -1.19. The predicted molar refractivity (Wildman–Crippen MR) is 60.2 cm³/mol. The van der Waals surface area contributed by atoms with Gasteiger partial charge in [-0.05, 0) is 27.2 Å². The lowest BCUT2D eigenvalue weighted by Gasteiger charge is -2.31. The van der Waals surface area contributed by atoms with Gasteiger partial charge in [0.05, 0.1) is 6.10 Å². The zero-order valence-electron chi connectivity index (χ0n) is 10.6. The first kappa shape index (κ1) is 14.9. The molecule has 1 N–H and O–H groups in total. The van der Waals surface area contributed by atoms with Crippen LogP contribution in [0.15, 0.2) is 0 Å². The van der Waals surface area contributed by atoms with E-state index in [0.717, 1.165) is 0 Å². The molecular weight excluding hydrogens is 210 g/mol. The largest absolute Gasteiger partial charge is 0.480 e. The van der Waals surface area contributed by atoms with Gasteiger partial charge in [0.2, 0.25) is 5.91 Å². The Morgan fingerprint density at radius 3 is 2.31 bits per heavy atom. The van der Waals surface area contributed by atoms with Crippen LogP contribution in [-0.2, 0) is 14.3 Å². The van der Waals surface area contributed by atoms with Gasteiger partial charge in [0.1, 0.15) is 5.54 Å². The van der Waals surface area contributed by atoms with Gasteiger partial charge < -0.3 is 14.7 Å². The van der Waals surface area contributed by atoms with Gasteiger partial charge in [-0.15, -0.1) is 0 Å². The molecule has 1 atom stereocenters. The van der Waals surface area contributed by atoms with Gasteiger partial charge in [0.25, 0.3) is 0 Å². The lowest BCUT2D eigenvalue weighted by atomic mass is 10.0. The summed E-state index contributed by atoms with van der Waals surface area (Å²) in [4.78, 5) is 23.9. The zero-order chi connectivity index (χ0) is 12.9. The number of hydrogen-bond acceptors (Lipinski definition) is 3. The van der Waals surface area contributed by atoms with Crippen molar-refractivity contribution in [2.24, 2.45) is 0 Å². The number of aliphatic carboxylic acids is 1. The van der Waals surface area contributed by atoms with Crippen LogP contribution in [0.5, 0.6) is 0 Å². The minimum atomic E-state index is -1.17. The first-order valence-corrected chi connectivity index (χ1v) is 5.26. The van der Waals surface area contributed by atoms with Crippen molar-refractivity contribution in [2.45, 2.75) is 45.3 Å². The maximum absolute atomic E-state index is 11.7. The third kappa shape index (κ3) is 3.81. The van der Waals surface area contributed by atoms with Crippen molar-refractivity contribution in [1.29, 1.82) is 0 Å². The van der Waals surface area contributed by atoms with Gasteiger partial charge in [-0.25, -0.2) is 4.79 Å². The van der Waals surface area contributed by atoms with Crippen molar-refractivity contribution in [1.82, 2.24) is 4.90 Å². The van der Waals surface area contributed by atoms with Crippen LogP contribution >= 0.6 is 0 Å². The highest BCUT2D eigenvalue weighted by atomic mass is 16.5. The Bertz CT molecular complexity index is 263. The molecule has 0 fully saturated rings. The van der Waals surface area contributed by atoms with Crippen LogP contribution in [0.25, 0.3) is 0 Å². The number of methoxy groups -OCH3 is 1. The molecule has 5 heteroatoms. The maximum atomic E-state index is 11.7. The number of nitrogens with zero attached hydrogens (tertiary/aromatic N) is 1. The van der Waals surface area contributed by atoms with Crippen LogP contribution in [0, 0.1) is 0 Å². The molecular formula is C11H21NO4. The second-order valence-corrected chi connectivity index (χ2v) is 4.40. The fraction of sp³-hybridized carbons (Fsp3) is 0.818. The second-order valence-electron chi connectivity index (χ2n) is 4.40. The number of rotatable bonds is 6. The Morgan fingerprint density at radius 1 is 1.44 bits per heavy atom. The van der Waals surface area contributed by atoms with Crippen LogP contribution < -0.4 is 0 Å². The highest BCUT2D eigenvalue weighted by Crippen LogP contribution is 2.15. The summed E-state index contributed by atoms with van der Waals surface area (Å²) in [6.45, 7) is 4.88. The molecule has 94 valence electrons. The lowest BCUT2D eigenvalue weighted by molar-refractivity contribution is -0.155. The Kier molecular flexibility index (Phi) is 5.44. The number of carboxylic acids is 1. The van der Waals surface area contributed by atoms with Crippen LogP contribution in [0.3, 0.4) is 0 Å². The van der Waals surface area contributed by atoms with E-state index >= 15 is 0 Å². The molecule has 1 amide bonds. The number of carboxylic acid groups (broad SMARTS) is 1. The van der Waals surface area contributed by atoms with Crippen molar-refractivity contribution < 1.29 is 19.4 Å². The Morgan fingerprint density at radius 2 is 1.94 bits per heavy atom. The van der Waals surface area contributed by atoms with E-state index in [9.17, 15) is 9.59 Å². The van der Waals surface area contributed by atoms with Crippen molar-refractivity contribution in [2.75, 3.05) is 14.2 Å². The Balaban J connectivity index is 4.34. The molecule has 5 nitrogen and oxygen atoms in total. The fourth-order valence-corrected chi connectivity index (χ4v) is 1.07. The topological polar surface area (TPSA) is 66.8 Å². The summed E-state index contributed by atoms with van der Waals surface area (Å²) in [5, 5.41) is 8.97. The molecule has 0 aromatic heterocycles. The van der Waals surface area contributed by atoms with E-state index in [0.29, 0.717) is 12.8 Å². The van der Waals surface area contributed by atoms with Gasteiger partial charge in [-0.1, -0.05) is 0 Å². The summed E-state index contributed by atoms with van der Waals surface area (Å²) in [7, 11) is 3.09. The highest BCUT2D eigenvalue weighted by molar-refractivity contribution is 5.86. The molecule has 0 aliphatic rings. The molecule has 0 heterocycles. The first-order valence-electron chi connectivity index (χ1n) is 5.26. The smallest absolute Gasteiger partial charge is 0.329 e. The number of carbonyl (C=O) groups is 2. The minimum absolute atomic E-state index is 0.00490. The molecule has 0 bridgehead atoms. The number of likely N-dealkylation sites (N-methyl/N-ethyl adjacent to an activating group) is 1. The number of hydrogen-bond donors (Lipinski definition) is 1. The average Bonchev–Trinajstić information content (AvgIpc) is 2.23. The van der Waals surface area contributed by atoms with Crippen molar-refractivity contribution in [3.05, 3.63) is 0 Å². The number of ether oxygens (including phenoxy) is 1. The van der Waals surface area contributed by atoms with E-state index in [1.165, 1.54) is 25.8 Å². The summed E-state index contributed by atoms with van der Waals surface area (Å²) < 4.78 is 5.03. The van der Waals surface area contributed by atoms with Gasteiger partial charge in [0, 0.05) is 20.6 Å². The highest BCUT2D eigenvalue weighted by Gasteiger charge is 2.34. The second kappa shape index (κ2) is 5.84. The lowest BCUT2D eigenvalue weighted by Crippen LogP contribution is -2.50. The molecule has 0 rings (SSSR count). The summed E-state index contributed by atoms with van der Waals surface area (Å²) in [6, 6.07) is 0. The molecule has 16 heavy (non-hydrogen) atoms. The monoisotopic (exact) mass is 231 g/mol. The summed E-state index contributed by atoms with van der Waals surface area (Å²) >= 11 is 0. The normalized spacial score (nSPS) is 13.3. The third-order valence-electron chi connectivity index (χ3n) is 2.90. The predicted octanol–water partition coefficient (Wildman–Crippen LogP) is 1.12. The van der Waals surface area contributed by atoms with E-state index < -0.39 is 11.5 Å². The molecule has 0 spiro atoms. The van der Waals surface area contributed by atoms with E-state index in [1.54, 1.807) is 7.11 Å². The molecule has 0 saturated heterocycles. The molecule has 0 radical (unpaired) electrons. The molecule has 0 aliphatic carbocycles. The standard InChI is InChI=1S/C11H21NO4/c1-8(16-5)6-7-9(13)12(4)11(2,3)10(14)15/h8H,6-7H2,1-5H3,(H,14,15). The molecule has 0 aromatic rings. The minimum Gasteiger partial charge on any atom is -0.480 e. The average molecular weight is 231 g/mol. The number of amides is 1. The SMILES string of the molecule is COC(C)CCC(=O)N(C)C(C)(C)C(=O)O. The van der Waals surface area contributed by atoms with E-state index in [-0.39, 0.29) is 12.0 Å². The zero-order valence-corrected chi connectivity index (χ0v) is 10.6.